The summed E-state index contributed by atoms with van der Waals surface area (Å²) in [5.41, 5.74) is 2.12. The van der Waals surface area contributed by atoms with E-state index in [4.69, 9.17) is 14.2 Å². The van der Waals surface area contributed by atoms with Crippen LogP contribution in [-0.4, -0.2) is 75.2 Å². The molecule has 0 fully saturated rings. The van der Waals surface area contributed by atoms with Crippen molar-refractivity contribution < 1.29 is 41.8 Å². The molecule has 1 aliphatic rings. The zero-order valence-electron chi connectivity index (χ0n) is 24.8. The summed E-state index contributed by atoms with van der Waals surface area (Å²) in [6.45, 7) is 4.92. The molecule has 238 valence electrons. The molecule has 0 atom stereocenters. The number of ether oxygens (including phenoxy) is 3. The Kier molecular flexibility index (Phi) is 11.5. The number of benzene rings is 1. The fraction of sp³-hybridized carbons (Fsp3) is 0.483. The van der Waals surface area contributed by atoms with Crippen LogP contribution in [0.3, 0.4) is 0 Å². The monoisotopic (exact) mass is 665 g/mol. The van der Waals surface area contributed by atoms with Gasteiger partial charge in [0.05, 0.1) is 41.7 Å². The predicted octanol–water partition coefficient (Wildman–Crippen LogP) is 3.51. The molecule has 1 N–H and O–H groups in total. The number of hydrogen-bond donors (Lipinski definition) is 1. The number of thiazole rings is 1. The summed E-state index contributed by atoms with van der Waals surface area (Å²) in [6.07, 6.45) is 4.33. The average molecular weight is 666 g/mol. The molecule has 2 heterocycles. The second kappa shape index (κ2) is 15.1. The number of esters is 2. The van der Waals surface area contributed by atoms with E-state index >= 15 is 0 Å². The lowest BCUT2D eigenvalue weighted by molar-refractivity contribution is -0.115. The molecule has 0 unspecified atom stereocenters. The fourth-order valence-corrected chi connectivity index (χ4v) is 8.33. The molecule has 1 aliphatic carbocycles. The van der Waals surface area contributed by atoms with Crippen LogP contribution in [0.2, 0.25) is 0 Å². The number of hydrogen-bond acceptors (Lipinski definition) is 11. The van der Waals surface area contributed by atoms with Crippen LogP contribution in [0.1, 0.15) is 64.3 Å². The number of amides is 2. The number of thiophene rings is 1. The van der Waals surface area contributed by atoms with Crippen LogP contribution in [0.5, 0.6) is 0 Å². The van der Waals surface area contributed by atoms with E-state index < -0.39 is 45.1 Å². The number of carbonyl (C=O) groups excluding carboxylic acids is 4. The number of aryl methyl sites for hydroxylation is 1. The number of fused-ring (bicyclic) bond motifs is 2. The highest BCUT2D eigenvalue weighted by molar-refractivity contribution is 7.92. The highest BCUT2D eigenvalue weighted by atomic mass is 32.2. The van der Waals surface area contributed by atoms with Crippen LogP contribution < -0.4 is 10.1 Å². The van der Waals surface area contributed by atoms with Crippen molar-refractivity contribution in [1.29, 1.82) is 0 Å². The van der Waals surface area contributed by atoms with E-state index in [0.29, 0.717) is 42.0 Å². The molecule has 0 radical (unpaired) electrons. The SMILES string of the molecule is CCOCCn1c(=NC(=O)CS(=O)(=O)CC(=O)Nc2sc3c(c2C(=O)OC)CCCCC3)sc2cc(C(=O)OCC)ccc21. The van der Waals surface area contributed by atoms with Crippen molar-refractivity contribution in [2.45, 2.75) is 52.5 Å². The van der Waals surface area contributed by atoms with Gasteiger partial charge in [-0.1, -0.05) is 17.8 Å². The van der Waals surface area contributed by atoms with Gasteiger partial charge in [0, 0.05) is 18.0 Å². The van der Waals surface area contributed by atoms with Crippen LogP contribution >= 0.6 is 22.7 Å². The summed E-state index contributed by atoms with van der Waals surface area (Å²) in [6, 6.07) is 4.95. The molecular weight excluding hydrogens is 631 g/mol. The molecule has 3 aromatic rings. The Balaban J connectivity index is 1.53. The summed E-state index contributed by atoms with van der Waals surface area (Å²) >= 11 is 2.37. The molecule has 0 saturated heterocycles. The van der Waals surface area contributed by atoms with Gasteiger partial charge in [0.2, 0.25) is 5.91 Å². The zero-order valence-corrected chi connectivity index (χ0v) is 27.3. The highest BCUT2D eigenvalue weighted by Crippen LogP contribution is 2.38. The molecule has 4 rings (SSSR count). The van der Waals surface area contributed by atoms with Crippen molar-refractivity contribution in [3.8, 4) is 0 Å². The second-order valence-corrected chi connectivity index (χ2v) is 14.2. The third kappa shape index (κ3) is 8.20. The smallest absolute Gasteiger partial charge is 0.341 e. The van der Waals surface area contributed by atoms with Crippen molar-refractivity contribution in [1.82, 2.24) is 4.57 Å². The van der Waals surface area contributed by atoms with Gasteiger partial charge in [-0.2, -0.15) is 4.99 Å². The minimum absolute atomic E-state index is 0.221. The van der Waals surface area contributed by atoms with E-state index in [-0.39, 0.29) is 22.0 Å². The first-order valence-electron chi connectivity index (χ1n) is 14.3. The van der Waals surface area contributed by atoms with E-state index in [9.17, 15) is 27.6 Å². The van der Waals surface area contributed by atoms with Crippen molar-refractivity contribution >= 4 is 71.5 Å². The number of sulfone groups is 1. The number of nitrogens with zero attached hydrogens (tertiary/aromatic N) is 2. The predicted molar refractivity (Wildman–Crippen MR) is 167 cm³/mol. The van der Waals surface area contributed by atoms with Gasteiger partial charge < -0.3 is 24.1 Å². The fourth-order valence-electron chi connectivity index (χ4n) is 4.91. The number of methoxy groups -OCH3 is 1. The Morgan fingerprint density at radius 2 is 1.77 bits per heavy atom. The van der Waals surface area contributed by atoms with E-state index in [1.807, 2.05) is 6.92 Å². The Morgan fingerprint density at radius 1 is 1.00 bits per heavy atom. The van der Waals surface area contributed by atoms with Gasteiger partial charge in [0.25, 0.3) is 5.91 Å². The summed E-state index contributed by atoms with van der Waals surface area (Å²) in [5.74, 6) is -4.83. The minimum atomic E-state index is -4.21. The molecule has 2 aromatic heterocycles. The Bertz CT molecular complexity index is 1740. The van der Waals surface area contributed by atoms with Gasteiger partial charge >= 0.3 is 11.9 Å². The summed E-state index contributed by atoms with van der Waals surface area (Å²) in [5, 5.41) is 2.82. The highest BCUT2D eigenvalue weighted by Gasteiger charge is 2.28. The van der Waals surface area contributed by atoms with Gasteiger partial charge in [-0.3, -0.25) is 9.59 Å². The topological polar surface area (TPSA) is 159 Å². The van der Waals surface area contributed by atoms with E-state index in [0.717, 1.165) is 47.5 Å². The van der Waals surface area contributed by atoms with Crippen LogP contribution in [0.25, 0.3) is 10.2 Å². The van der Waals surface area contributed by atoms with Crippen LogP contribution in [-0.2, 0) is 53.0 Å². The van der Waals surface area contributed by atoms with Crippen molar-refractivity contribution in [3.63, 3.8) is 0 Å². The van der Waals surface area contributed by atoms with Crippen LogP contribution in [0.4, 0.5) is 5.00 Å². The number of aromatic nitrogens is 1. The molecule has 12 nitrogen and oxygen atoms in total. The number of nitrogens with one attached hydrogen (secondary N) is 1. The number of anilines is 1. The minimum Gasteiger partial charge on any atom is -0.465 e. The molecule has 0 aliphatic heterocycles. The van der Waals surface area contributed by atoms with Gasteiger partial charge in [-0.25, -0.2) is 18.0 Å². The quantitative estimate of drug-likeness (QED) is 0.174. The zero-order chi connectivity index (χ0) is 31.9. The molecule has 0 spiro atoms. The first-order chi connectivity index (χ1) is 21.1. The molecule has 1 aromatic carbocycles. The number of carbonyl (C=O) groups is 4. The summed E-state index contributed by atoms with van der Waals surface area (Å²) in [7, 11) is -2.96. The van der Waals surface area contributed by atoms with E-state index in [1.54, 1.807) is 29.7 Å². The maximum atomic E-state index is 12.9. The Hall–Kier alpha value is -3.40. The van der Waals surface area contributed by atoms with Crippen LogP contribution in [0.15, 0.2) is 23.2 Å². The van der Waals surface area contributed by atoms with Gasteiger partial charge in [-0.15, -0.1) is 11.3 Å². The van der Waals surface area contributed by atoms with E-state index in [1.165, 1.54) is 18.4 Å². The Morgan fingerprint density at radius 3 is 2.50 bits per heavy atom. The third-order valence-electron chi connectivity index (χ3n) is 6.84. The van der Waals surface area contributed by atoms with Crippen molar-refractivity contribution in [2.24, 2.45) is 4.99 Å². The van der Waals surface area contributed by atoms with Crippen molar-refractivity contribution in [3.05, 3.63) is 44.6 Å². The molecule has 44 heavy (non-hydrogen) atoms. The lowest BCUT2D eigenvalue weighted by atomic mass is 10.1. The third-order valence-corrected chi connectivity index (χ3v) is 10.5. The molecule has 2 amide bonds. The van der Waals surface area contributed by atoms with Gasteiger partial charge in [0.1, 0.15) is 16.5 Å². The molecule has 15 heteroatoms. The van der Waals surface area contributed by atoms with Gasteiger partial charge in [0.15, 0.2) is 14.6 Å². The van der Waals surface area contributed by atoms with Crippen molar-refractivity contribution in [2.75, 3.05) is 43.8 Å². The molecular formula is C29H35N3O9S3. The maximum absolute atomic E-state index is 12.9. The first-order valence-corrected chi connectivity index (χ1v) is 17.7. The normalized spacial score (nSPS) is 13.8. The lowest BCUT2D eigenvalue weighted by Crippen LogP contribution is -2.28. The first kappa shape index (κ1) is 33.5. The number of rotatable bonds is 12. The average Bonchev–Trinajstić information content (AvgIpc) is 3.38. The summed E-state index contributed by atoms with van der Waals surface area (Å²) in [4.78, 5) is 55.8. The maximum Gasteiger partial charge on any atom is 0.341 e. The molecule has 0 bridgehead atoms. The van der Waals surface area contributed by atoms with Gasteiger partial charge in [-0.05, 0) is 63.3 Å². The lowest BCUT2D eigenvalue weighted by Gasteiger charge is -2.08. The summed E-state index contributed by atoms with van der Waals surface area (Å²) < 4.78 is 43.6. The van der Waals surface area contributed by atoms with E-state index in [2.05, 4.69) is 10.3 Å². The largest absolute Gasteiger partial charge is 0.465 e. The second-order valence-electron chi connectivity index (χ2n) is 9.98. The standard InChI is InChI=1S/C29H35N3O9S3/c1-4-40-14-13-32-20-12-11-18(27(35)41-5-2)15-22(20)43-29(32)31-24(34)17-44(37,38)16-23(33)30-26-25(28(36)39-3)19-9-7-6-8-10-21(19)42-26/h11-12,15H,4-10,13-14,16-17H2,1-3H3,(H,30,33). The van der Waals surface area contributed by atoms with Crippen LogP contribution in [0, 0.1) is 0 Å². The Labute approximate surface area is 263 Å². The molecule has 0 saturated carbocycles.